The molecule has 0 amide bonds. The summed E-state index contributed by atoms with van der Waals surface area (Å²) in [6.45, 7) is 8.55. The van der Waals surface area contributed by atoms with Crippen molar-refractivity contribution in [1.29, 1.82) is 0 Å². The van der Waals surface area contributed by atoms with E-state index in [-0.39, 0.29) is 12.2 Å². The van der Waals surface area contributed by atoms with Crippen LogP contribution in [0.2, 0.25) is 0 Å². The fraction of sp³-hybridized carbons (Fsp3) is 0.769. The molecule has 2 atom stereocenters. The Bertz CT molecular complexity index is 376. The van der Waals surface area contributed by atoms with Crippen LogP contribution < -0.4 is 10.2 Å². The quantitative estimate of drug-likeness (QED) is 0.803. The van der Waals surface area contributed by atoms with Gasteiger partial charge in [-0.15, -0.1) is 11.3 Å². The average Bonchev–Trinajstić information content (AvgIpc) is 2.82. The molecule has 1 aromatic heterocycles. The van der Waals surface area contributed by atoms with Crippen LogP contribution in [0.3, 0.4) is 0 Å². The first-order chi connectivity index (χ1) is 9.19. The standard InChI is InChI=1S/C13H23N3O2S/c1-10-8-16(9-11(2)18-10)13-15-7-12(19-13)6-14-4-5-17-3/h7,10-11,14H,4-6,8-9H2,1-3H3. The van der Waals surface area contributed by atoms with Gasteiger partial charge in [0.15, 0.2) is 5.13 Å². The van der Waals surface area contributed by atoms with Crippen LogP contribution in [-0.2, 0) is 16.0 Å². The van der Waals surface area contributed by atoms with Crippen LogP contribution in [0.4, 0.5) is 5.13 Å². The predicted octanol–water partition coefficient (Wildman–Crippen LogP) is 1.49. The monoisotopic (exact) mass is 285 g/mol. The number of anilines is 1. The van der Waals surface area contributed by atoms with Crippen LogP contribution in [0.1, 0.15) is 18.7 Å². The van der Waals surface area contributed by atoms with E-state index in [1.54, 1.807) is 18.4 Å². The van der Waals surface area contributed by atoms with Gasteiger partial charge in [0, 0.05) is 44.4 Å². The van der Waals surface area contributed by atoms with Crippen molar-refractivity contribution < 1.29 is 9.47 Å². The normalized spacial score (nSPS) is 23.8. The highest BCUT2D eigenvalue weighted by Gasteiger charge is 2.24. The van der Waals surface area contributed by atoms with E-state index in [9.17, 15) is 0 Å². The molecule has 1 fully saturated rings. The van der Waals surface area contributed by atoms with Gasteiger partial charge in [-0.05, 0) is 13.8 Å². The molecule has 0 bridgehead atoms. The summed E-state index contributed by atoms with van der Waals surface area (Å²) in [4.78, 5) is 8.11. The third kappa shape index (κ3) is 4.42. The Morgan fingerprint density at radius 2 is 2.21 bits per heavy atom. The molecule has 19 heavy (non-hydrogen) atoms. The van der Waals surface area contributed by atoms with E-state index in [1.165, 1.54) is 4.88 Å². The minimum absolute atomic E-state index is 0.274. The topological polar surface area (TPSA) is 46.6 Å². The highest BCUT2D eigenvalue weighted by Crippen LogP contribution is 2.25. The molecule has 0 saturated carbocycles. The number of morpholine rings is 1. The second-order valence-corrected chi connectivity index (χ2v) is 6.03. The highest BCUT2D eigenvalue weighted by atomic mass is 32.1. The second-order valence-electron chi connectivity index (χ2n) is 4.94. The summed E-state index contributed by atoms with van der Waals surface area (Å²) in [6.07, 6.45) is 2.51. The minimum Gasteiger partial charge on any atom is -0.383 e. The summed E-state index contributed by atoms with van der Waals surface area (Å²) in [5, 5.41) is 4.44. The zero-order valence-electron chi connectivity index (χ0n) is 11.9. The van der Waals surface area contributed by atoms with Crippen molar-refractivity contribution in [2.45, 2.75) is 32.6 Å². The Hall–Kier alpha value is -0.690. The van der Waals surface area contributed by atoms with Crippen LogP contribution in [0, 0.1) is 0 Å². The number of aromatic nitrogens is 1. The van der Waals surface area contributed by atoms with Crippen molar-refractivity contribution in [1.82, 2.24) is 10.3 Å². The fourth-order valence-electron chi connectivity index (χ4n) is 2.25. The molecule has 0 spiro atoms. The maximum Gasteiger partial charge on any atom is 0.185 e. The molecule has 0 aromatic carbocycles. The summed E-state index contributed by atoms with van der Waals surface area (Å²) in [5.41, 5.74) is 0. The van der Waals surface area contributed by atoms with Crippen molar-refractivity contribution in [3.8, 4) is 0 Å². The Morgan fingerprint density at radius 3 is 2.89 bits per heavy atom. The molecule has 108 valence electrons. The van der Waals surface area contributed by atoms with E-state index >= 15 is 0 Å². The molecule has 0 radical (unpaired) electrons. The zero-order chi connectivity index (χ0) is 13.7. The van der Waals surface area contributed by atoms with Crippen molar-refractivity contribution in [2.24, 2.45) is 0 Å². The van der Waals surface area contributed by atoms with Gasteiger partial charge in [-0.2, -0.15) is 0 Å². The molecule has 2 unspecified atom stereocenters. The van der Waals surface area contributed by atoms with Gasteiger partial charge < -0.3 is 19.7 Å². The van der Waals surface area contributed by atoms with E-state index in [1.807, 2.05) is 6.20 Å². The lowest BCUT2D eigenvalue weighted by Crippen LogP contribution is -2.45. The number of nitrogens with one attached hydrogen (secondary N) is 1. The number of ether oxygens (including phenoxy) is 2. The third-order valence-corrected chi connectivity index (χ3v) is 4.07. The van der Waals surface area contributed by atoms with Gasteiger partial charge in [0.1, 0.15) is 0 Å². The van der Waals surface area contributed by atoms with Gasteiger partial charge in [0.05, 0.1) is 18.8 Å². The molecule has 5 nitrogen and oxygen atoms in total. The van der Waals surface area contributed by atoms with Gasteiger partial charge in [-0.1, -0.05) is 0 Å². The average molecular weight is 285 g/mol. The molecule has 6 heteroatoms. The Labute approximate surface area is 118 Å². The van der Waals surface area contributed by atoms with Gasteiger partial charge in [-0.25, -0.2) is 4.98 Å². The first-order valence-corrected chi connectivity index (χ1v) is 7.55. The number of nitrogens with zero attached hydrogens (tertiary/aromatic N) is 2. The van der Waals surface area contributed by atoms with Crippen LogP contribution >= 0.6 is 11.3 Å². The molecule has 1 aliphatic rings. The van der Waals surface area contributed by atoms with E-state index in [0.717, 1.165) is 37.9 Å². The predicted molar refractivity (Wildman–Crippen MR) is 77.9 cm³/mol. The maximum absolute atomic E-state index is 5.75. The summed E-state index contributed by atoms with van der Waals surface area (Å²) < 4.78 is 10.8. The van der Waals surface area contributed by atoms with Gasteiger partial charge >= 0.3 is 0 Å². The summed E-state index contributed by atoms with van der Waals surface area (Å²) in [7, 11) is 1.72. The number of hydrogen-bond acceptors (Lipinski definition) is 6. The first kappa shape index (κ1) is 14.7. The lowest BCUT2D eigenvalue weighted by Gasteiger charge is -2.35. The van der Waals surface area contributed by atoms with Crippen LogP contribution in [0.15, 0.2) is 6.20 Å². The number of thiazole rings is 1. The molecule has 1 aromatic rings. The molecule has 1 aliphatic heterocycles. The Kier molecular flexibility index (Phi) is 5.57. The van der Waals surface area contributed by atoms with Gasteiger partial charge in [0.25, 0.3) is 0 Å². The lowest BCUT2D eigenvalue weighted by molar-refractivity contribution is -0.00522. The van der Waals surface area contributed by atoms with Crippen LogP contribution in [0.5, 0.6) is 0 Å². The van der Waals surface area contributed by atoms with Crippen molar-refractivity contribution in [3.05, 3.63) is 11.1 Å². The van der Waals surface area contributed by atoms with E-state index < -0.39 is 0 Å². The van der Waals surface area contributed by atoms with Crippen LogP contribution in [-0.4, -0.2) is 50.5 Å². The zero-order valence-corrected chi connectivity index (χ0v) is 12.7. The Balaban J connectivity index is 1.85. The first-order valence-electron chi connectivity index (χ1n) is 6.73. The fourth-order valence-corrected chi connectivity index (χ4v) is 3.14. The number of hydrogen-bond donors (Lipinski definition) is 1. The molecule has 0 aliphatic carbocycles. The SMILES string of the molecule is COCCNCc1cnc(N2CC(C)OC(C)C2)s1. The molecule has 2 heterocycles. The lowest BCUT2D eigenvalue weighted by atomic mass is 10.2. The van der Waals surface area contributed by atoms with E-state index in [2.05, 4.69) is 29.0 Å². The number of rotatable bonds is 6. The van der Waals surface area contributed by atoms with Gasteiger partial charge in [0.2, 0.25) is 0 Å². The molecule has 2 rings (SSSR count). The van der Waals surface area contributed by atoms with E-state index in [4.69, 9.17) is 9.47 Å². The third-order valence-electron chi connectivity index (χ3n) is 3.01. The van der Waals surface area contributed by atoms with Gasteiger partial charge in [-0.3, -0.25) is 0 Å². The molecule has 1 saturated heterocycles. The smallest absolute Gasteiger partial charge is 0.185 e. The summed E-state index contributed by atoms with van der Waals surface area (Å²) >= 11 is 1.76. The summed E-state index contributed by atoms with van der Waals surface area (Å²) in [5.74, 6) is 0. The minimum atomic E-state index is 0.274. The van der Waals surface area contributed by atoms with Crippen molar-refractivity contribution >= 4 is 16.5 Å². The maximum atomic E-state index is 5.75. The summed E-state index contributed by atoms with van der Waals surface area (Å²) in [6, 6.07) is 0. The van der Waals surface area contributed by atoms with Crippen molar-refractivity contribution in [2.75, 3.05) is 38.3 Å². The second kappa shape index (κ2) is 7.19. The van der Waals surface area contributed by atoms with Crippen LogP contribution in [0.25, 0.3) is 0 Å². The largest absolute Gasteiger partial charge is 0.383 e. The van der Waals surface area contributed by atoms with Crippen molar-refractivity contribution in [3.63, 3.8) is 0 Å². The Morgan fingerprint density at radius 1 is 1.47 bits per heavy atom. The molecular weight excluding hydrogens is 262 g/mol. The highest BCUT2D eigenvalue weighted by molar-refractivity contribution is 7.15. The van der Waals surface area contributed by atoms with E-state index in [0.29, 0.717) is 0 Å². The molecular formula is C13H23N3O2S. The number of methoxy groups -OCH3 is 1. The molecule has 1 N–H and O–H groups in total.